The zero-order valence-electron chi connectivity index (χ0n) is 16.4. The van der Waals surface area contributed by atoms with Crippen molar-refractivity contribution in [3.8, 4) is 5.75 Å². The van der Waals surface area contributed by atoms with Crippen LogP contribution in [0.5, 0.6) is 5.75 Å². The monoisotopic (exact) mass is 387 g/mol. The molecular formula is C19H25N5O2S. The SMILES string of the molecule is COc1ccc2nc(N(CCCN(C)C)C(=O)c3cc(C)n(C)n3)sc2c1. The van der Waals surface area contributed by atoms with Gasteiger partial charge < -0.3 is 9.64 Å². The Labute approximate surface area is 163 Å². The maximum atomic E-state index is 13.2. The average Bonchev–Trinajstić information content (AvgIpc) is 3.20. The van der Waals surface area contributed by atoms with Crippen LogP contribution >= 0.6 is 11.3 Å². The summed E-state index contributed by atoms with van der Waals surface area (Å²) in [5, 5.41) is 5.04. The summed E-state index contributed by atoms with van der Waals surface area (Å²) in [5.74, 6) is 0.659. The maximum Gasteiger partial charge on any atom is 0.280 e. The number of carbonyl (C=O) groups is 1. The number of nitrogens with zero attached hydrogens (tertiary/aromatic N) is 5. The number of hydrogen-bond acceptors (Lipinski definition) is 6. The number of fused-ring (bicyclic) bond motifs is 1. The number of ether oxygens (including phenoxy) is 1. The smallest absolute Gasteiger partial charge is 0.280 e. The molecule has 0 saturated heterocycles. The lowest BCUT2D eigenvalue weighted by Crippen LogP contribution is -2.33. The van der Waals surface area contributed by atoms with E-state index in [-0.39, 0.29) is 5.91 Å². The molecule has 0 bridgehead atoms. The summed E-state index contributed by atoms with van der Waals surface area (Å²) < 4.78 is 8.01. The number of benzene rings is 1. The van der Waals surface area contributed by atoms with Crippen molar-refractivity contribution >= 4 is 32.6 Å². The van der Waals surface area contributed by atoms with Gasteiger partial charge in [-0.2, -0.15) is 5.10 Å². The van der Waals surface area contributed by atoms with Crippen molar-refractivity contribution in [2.75, 3.05) is 39.2 Å². The van der Waals surface area contributed by atoms with Crippen LogP contribution in [-0.2, 0) is 7.05 Å². The van der Waals surface area contributed by atoms with Crippen LogP contribution in [0.1, 0.15) is 22.6 Å². The molecule has 27 heavy (non-hydrogen) atoms. The molecule has 0 aliphatic rings. The summed E-state index contributed by atoms with van der Waals surface area (Å²) in [6.07, 6.45) is 0.851. The molecule has 8 heteroatoms. The Hall–Kier alpha value is -2.45. The highest BCUT2D eigenvalue weighted by Gasteiger charge is 2.23. The maximum absolute atomic E-state index is 13.2. The van der Waals surface area contributed by atoms with E-state index in [1.807, 2.05) is 52.3 Å². The van der Waals surface area contributed by atoms with Gasteiger partial charge in [0.25, 0.3) is 5.91 Å². The Balaban J connectivity index is 1.94. The minimum Gasteiger partial charge on any atom is -0.497 e. The third-order valence-electron chi connectivity index (χ3n) is 4.38. The van der Waals surface area contributed by atoms with Gasteiger partial charge in [-0.15, -0.1) is 0 Å². The van der Waals surface area contributed by atoms with Crippen molar-refractivity contribution in [3.05, 3.63) is 35.7 Å². The normalized spacial score (nSPS) is 11.3. The predicted octanol–water partition coefficient (Wildman–Crippen LogP) is 2.95. The second kappa shape index (κ2) is 8.06. The van der Waals surface area contributed by atoms with Gasteiger partial charge in [-0.25, -0.2) is 4.98 Å². The minimum atomic E-state index is -0.122. The van der Waals surface area contributed by atoms with E-state index in [0.29, 0.717) is 17.4 Å². The lowest BCUT2D eigenvalue weighted by molar-refractivity contribution is 0.0980. The van der Waals surface area contributed by atoms with E-state index in [9.17, 15) is 4.79 Å². The summed E-state index contributed by atoms with van der Waals surface area (Å²) in [4.78, 5) is 21.7. The fraction of sp³-hybridized carbons (Fsp3) is 0.421. The van der Waals surface area contributed by atoms with Crippen molar-refractivity contribution in [2.45, 2.75) is 13.3 Å². The van der Waals surface area contributed by atoms with Crippen LogP contribution in [0.25, 0.3) is 10.2 Å². The van der Waals surface area contributed by atoms with Gasteiger partial charge in [0, 0.05) is 19.3 Å². The summed E-state index contributed by atoms with van der Waals surface area (Å²) >= 11 is 1.49. The van der Waals surface area contributed by atoms with Crippen LogP contribution in [0.2, 0.25) is 0 Å². The van der Waals surface area contributed by atoms with Crippen molar-refractivity contribution < 1.29 is 9.53 Å². The molecule has 0 N–H and O–H groups in total. The molecule has 0 unspecified atom stereocenters. The molecule has 7 nitrogen and oxygen atoms in total. The van der Waals surface area contributed by atoms with E-state index in [1.54, 1.807) is 16.7 Å². The first-order valence-corrected chi connectivity index (χ1v) is 9.62. The standard InChI is InChI=1S/C19H25N5O2S/c1-13-11-16(21-23(13)4)18(25)24(10-6-9-22(2)3)19-20-15-8-7-14(26-5)12-17(15)27-19/h7-8,11-12H,6,9-10H2,1-5H3. The van der Waals surface area contributed by atoms with Gasteiger partial charge in [0.15, 0.2) is 10.8 Å². The molecule has 2 aromatic heterocycles. The quantitative estimate of drug-likeness (QED) is 0.624. The van der Waals surface area contributed by atoms with Gasteiger partial charge in [-0.05, 0) is 58.3 Å². The van der Waals surface area contributed by atoms with Gasteiger partial charge in [0.05, 0.1) is 17.3 Å². The topological polar surface area (TPSA) is 63.5 Å². The highest BCUT2D eigenvalue weighted by molar-refractivity contribution is 7.22. The Bertz CT molecular complexity index is 927. The number of anilines is 1. The van der Waals surface area contributed by atoms with Crippen LogP contribution in [0.4, 0.5) is 5.13 Å². The fourth-order valence-corrected chi connectivity index (χ4v) is 3.79. The number of amides is 1. The average molecular weight is 388 g/mol. The Morgan fingerprint density at radius 1 is 1.26 bits per heavy atom. The van der Waals surface area contributed by atoms with E-state index in [0.717, 1.165) is 34.6 Å². The lowest BCUT2D eigenvalue weighted by atomic mass is 10.3. The van der Waals surface area contributed by atoms with E-state index in [1.165, 1.54) is 11.3 Å². The number of aromatic nitrogens is 3. The molecule has 1 amide bonds. The number of hydrogen-bond donors (Lipinski definition) is 0. The van der Waals surface area contributed by atoms with Crippen LogP contribution in [-0.4, -0.2) is 59.9 Å². The van der Waals surface area contributed by atoms with Gasteiger partial charge in [0.2, 0.25) is 0 Å². The molecule has 0 aliphatic carbocycles. The third-order valence-corrected chi connectivity index (χ3v) is 5.42. The van der Waals surface area contributed by atoms with Crippen molar-refractivity contribution in [2.24, 2.45) is 7.05 Å². The van der Waals surface area contributed by atoms with E-state index >= 15 is 0 Å². The number of carbonyl (C=O) groups excluding carboxylic acids is 1. The van der Waals surface area contributed by atoms with Crippen molar-refractivity contribution in [3.63, 3.8) is 0 Å². The summed E-state index contributed by atoms with van der Waals surface area (Å²) in [6, 6.07) is 7.56. The van der Waals surface area contributed by atoms with E-state index < -0.39 is 0 Å². The zero-order valence-corrected chi connectivity index (χ0v) is 17.2. The molecule has 144 valence electrons. The summed E-state index contributed by atoms with van der Waals surface area (Å²) in [5.41, 5.74) is 2.25. The highest BCUT2D eigenvalue weighted by Crippen LogP contribution is 2.32. The molecule has 0 aliphatic heterocycles. The van der Waals surface area contributed by atoms with Crippen LogP contribution < -0.4 is 9.64 Å². The Morgan fingerprint density at radius 3 is 2.67 bits per heavy atom. The fourth-order valence-electron chi connectivity index (χ4n) is 2.77. The first-order valence-electron chi connectivity index (χ1n) is 8.81. The van der Waals surface area contributed by atoms with Gasteiger partial charge >= 0.3 is 0 Å². The summed E-state index contributed by atoms with van der Waals surface area (Å²) in [6.45, 7) is 3.41. The van der Waals surface area contributed by atoms with Gasteiger partial charge in [-0.3, -0.25) is 14.4 Å². The number of methoxy groups -OCH3 is 1. The molecule has 1 aromatic carbocycles. The lowest BCUT2D eigenvalue weighted by Gasteiger charge is -2.20. The molecule has 0 saturated carbocycles. The predicted molar refractivity (Wildman–Crippen MR) is 109 cm³/mol. The molecule has 0 atom stereocenters. The Kier molecular flexibility index (Phi) is 5.76. The van der Waals surface area contributed by atoms with Crippen molar-refractivity contribution in [1.29, 1.82) is 0 Å². The van der Waals surface area contributed by atoms with Gasteiger partial charge in [0.1, 0.15) is 5.75 Å². The highest BCUT2D eigenvalue weighted by atomic mass is 32.1. The molecule has 3 aromatic rings. The first kappa shape index (κ1) is 19.3. The molecule has 3 rings (SSSR count). The largest absolute Gasteiger partial charge is 0.497 e. The van der Waals surface area contributed by atoms with E-state index in [4.69, 9.17) is 4.74 Å². The van der Waals surface area contributed by atoms with Crippen LogP contribution in [0.15, 0.2) is 24.3 Å². The van der Waals surface area contributed by atoms with Crippen molar-refractivity contribution in [1.82, 2.24) is 19.7 Å². The molecule has 0 spiro atoms. The second-order valence-corrected chi connectivity index (χ2v) is 7.75. The first-order chi connectivity index (χ1) is 12.9. The molecular weight excluding hydrogens is 362 g/mol. The molecule has 2 heterocycles. The third kappa shape index (κ3) is 4.28. The van der Waals surface area contributed by atoms with Gasteiger partial charge in [-0.1, -0.05) is 11.3 Å². The number of rotatable bonds is 7. The second-order valence-electron chi connectivity index (χ2n) is 6.74. The van der Waals surface area contributed by atoms with Crippen LogP contribution in [0, 0.1) is 6.92 Å². The number of aryl methyl sites for hydroxylation is 2. The Morgan fingerprint density at radius 2 is 2.04 bits per heavy atom. The summed E-state index contributed by atoms with van der Waals surface area (Å²) in [7, 11) is 7.53. The zero-order chi connectivity index (χ0) is 19.6. The molecule has 0 radical (unpaired) electrons. The van der Waals surface area contributed by atoms with Crippen LogP contribution in [0.3, 0.4) is 0 Å². The molecule has 0 fully saturated rings. The van der Waals surface area contributed by atoms with E-state index in [2.05, 4.69) is 15.0 Å². The number of thiazole rings is 1. The minimum absolute atomic E-state index is 0.122.